The first kappa shape index (κ1) is 15.5. The molecule has 1 fully saturated rings. The number of hydrogen-bond donors (Lipinski definition) is 2. The van der Waals surface area contributed by atoms with Gasteiger partial charge < -0.3 is 15.4 Å². The van der Waals surface area contributed by atoms with Crippen molar-refractivity contribution in [3.05, 3.63) is 29.3 Å². The predicted molar refractivity (Wildman–Crippen MR) is 81.1 cm³/mol. The number of carbonyl (C=O) groups excluding carboxylic acids is 2. The van der Waals surface area contributed by atoms with Gasteiger partial charge in [0.15, 0.2) is 0 Å². The van der Waals surface area contributed by atoms with Crippen molar-refractivity contribution in [1.82, 2.24) is 5.32 Å². The molecule has 2 N–H and O–H groups in total. The lowest BCUT2D eigenvalue weighted by Gasteiger charge is -2.12. The zero-order valence-corrected chi connectivity index (χ0v) is 12.6. The number of carbonyl (C=O) groups is 2. The number of rotatable bonds is 5. The third kappa shape index (κ3) is 4.56. The van der Waals surface area contributed by atoms with Crippen LogP contribution in [-0.4, -0.2) is 31.1 Å². The molecule has 0 aromatic heterocycles. The lowest BCUT2D eigenvalue weighted by Crippen LogP contribution is -2.34. The van der Waals surface area contributed by atoms with E-state index < -0.39 is 0 Å². The molecule has 114 valence electrons. The molecule has 5 heteroatoms. The smallest absolute Gasteiger partial charge is 0.233 e. The molecule has 1 heterocycles. The minimum absolute atomic E-state index is 0.0935. The summed E-state index contributed by atoms with van der Waals surface area (Å²) in [6.45, 7) is 5.17. The predicted octanol–water partition coefficient (Wildman–Crippen LogP) is 1.93. The Kier molecular flexibility index (Phi) is 5.33. The van der Waals surface area contributed by atoms with Crippen LogP contribution in [0.2, 0.25) is 0 Å². The van der Waals surface area contributed by atoms with E-state index in [1.165, 1.54) is 0 Å². The van der Waals surface area contributed by atoms with Gasteiger partial charge in [0.1, 0.15) is 6.42 Å². The van der Waals surface area contributed by atoms with Crippen molar-refractivity contribution < 1.29 is 14.3 Å². The van der Waals surface area contributed by atoms with E-state index in [1.54, 1.807) is 0 Å². The van der Waals surface area contributed by atoms with Crippen LogP contribution >= 0.6 is 0 Å². The van der Waals surface area contributed by atoms with Crippen LogP contribution in [0.1, 0.15) is 30.4 Å². The summed E-state index contributed by atoms with van der Waals surface area (Å²) in [7, 11) is 0. The molecule has 1 saturated heterocycles. The Hall–Kier alpha value is -1.88. The van der Waals surface area contributed by atoms with E-state index in [4.69, 9.17) is 4.74 Å². The van der Waals surface area contributed by atoms with Gasteiger partial charge in [-0.05, 0) is 43.9 Å². The first-order valence-corrected chi connectivity index (χ1v) is 7.30. The number of nitrogens with one attached hydrogen (secondary N) is 2. The Morgan fingerprint density at radius 3 is 2.81 bits per heavy atom. The van der Waals surface area contributed by atoms with E-state index in [0.29, 0.717) is 6.54 Å². The fourth-order valence-electron chi connectivity index (χ4n) is 2.32. The van der Waals surface area contributed by atoms with Crippen LogP contribution in [0.25, 0.3) is 0 Å². The molecule has 1 aromatic carbocycles. The fourth-order valence-corrected chi connectivity index (χ4v) is 2.32. The van der Waals surface area contributed by atoms with Gasteiger partial charge in [-0.2, -0.15) is 0 Å². The summed E-state index contributed by atoms with van der Waals surface area (Å²) in [5, 5.41) is 5.52. The van der Waals surface area contributed by atoms with Crippen LogP contribution in [0.4, 0.5) is 5.69 Å². The van der Waals surface area contributed by atoms with Crippen LogP contribution in [0, 0.1) is 13.8 Å². The Bertz CT molecular complexity index is 522. The number of aryl methyl sites for hydroxylation is 1. The van der Waals surface area contributed by atoms with E-state index in [0.717, 1.165) is 36.3 Å². The van der Waals surface area contributed by atoms with Crippen LogP contribution in [0.3, 0.4) is 0 Å². The normalized spacial score (nSPS) is 17.5. The highest BCUT2D eigenvalue weighted by Crippen LogP contribution is 2.18. The number of benzene rings is 1. The number of anilines is 1. The molecule has 0 aliphatic carbocycles. The highest BCUT2D eigenvalue weighted by molar-refractivity contribution is 6.03. The summed E-state index contributed by atoms with van der Waals surface area (Å²) in [5.74, 6) is -0.568. The number of hydrogen-bond acceptors (Lipinski definition) is 3. The van der Waals surface area contributed by atoms with E-state index in [9.17, 15) is 9.59 Å². The van der Waals surface area contributed by atoms with Crippen molar-refractivity contribution in [1.29, 1.82) is 0 Å². The first-order chi connectivity index (χ1) is 10.1. The summed E-state index contributed by atoms with van der Waals surface area (Å²) in [4.78, 5) is 23.6. The lowest BCUT2D eigenvalue weighted by molar-refractivity contribution is -0.127. The van der Waals surface area contributed by atoms with Gasteiger partial charge in [-0.1, -0.05) is 12.1 Å². The Balaban J connectivity index is 1.78. The third-order valence-electron chi connectivity index (χ3n) is 3.75. The molecular formula is C16H22N2O3. The average molecular weight is 290 g/mol. The molecule has 0 unspecified atom stereocenters. The van der Waals surface area contributed by atoms with Gasteiger partial charge in [0.05, 0.1) is 6.10 Å². The molecular weight excluding hydrogens is 268 g/mol. The minimum atomic E-state index is -0.298. The van der Waals surface area contributed by atoms with Gasteiger partial charge in [0.25, 0.3) is 0 Å². The van der Waals surface area contributed by atoms with Crippen LogP contribution < -0.4 is 10.6 Å². The molecule has 1 atom stereocenters. The molecule has 1 aliphatic rings. The lowest BCUT2D eigenvalue weighted by atomic mass is 10.1. The molecule has 5 nitrogen and oxygen atoms in total. The minimum Gasteiger partial charge on any atom is -0.376 e. The molecule has 1 aliphatic heterocycles. The molecule has 2 rings (SSSR count). The van der Waals surface area contributed by atoms with Crippen molar-refractivity contribution in [2.24, 2.45) is 0 Å². The summed E-state index contributed by atoms with van der Waals surface area (Å²) in [6.07, 6.45) is 1.93. The monoisotopic (exact) mass is 290 g/mol. The maximum atomic E-state index is 11.9. The maximum absolute atomic E-state index is 11.9. The quantitative estimate of drug-likeness (QED) is 0.814. The SMILES string of the molecule is Cc1cccc(NC(=O)CC(=O)NC[C@@H]2CCCO2)c1C. The van der Waals surface area contributed by atoms with Gasteiger partial charge in [-0.15, -0.1) is 0 Å². The Morgan fingerprint density at radius 1 is 1.29 bits per heavy atom. The van der Waals surface area contributed by atoms with Crippen molar-refractivity contribution >= 4 is 17.5 Å². The Labute approximate surface area is 125 Å². The number of ether oxygens (including phenoxy) is 1. The van der Waals surface area contributed by atoms with Crippen LogP contribution in [0.5, 0.6) is 0 Å². The molecule has 0 saturated carbocycles. The maximum Gasteiger partial charge on any atom is 0.233 e. The highest BCUT2D eigenvalue weighted by atomic mass is 16.5. The second kappa shape index (κ2) is 7.22. The van der Waals surface area contributed by atoms with E-state index >= 15 is 0 Å². The summed E-state index contributed by atoms with van der Waals surface area (Å²) in [5.41, 5.74) is 2.88. The van der Waals surface area contributed by atoms with Crippen molar-refractivity contribution in [2.45, 2.75) is 39.2 Å². The van der Waals surface area contributed by atoms with Crippen LogP contribution in [0.15, 0.2) is 18.2 Å². The van der Waals surface area contributed by atoms with Crippen molar-refractivity contribution in [3.63, 3.8) is 0 Å². The summed E-state index contributed by atoms with van der Waals surface area (Å²) < 4.78 is 5.42. The molecule has 0 spiro atoms. The fraction of sp³-hybridized carbons (Fsp3) is 0.500. The van der Waals surface area contributed by atoms with Crippen molar-refractivity contribution in [2.75, 3.05) is 18.5 Å². The zero-order valence-electron chi connectivity index (χ0n) is 12.6. The number of amides is 2. The third-order valence-corrected chi connectivity index (χ3v) is 3.75. The highest BCUT2D eigenvalue weighted by Gasteiger charge is 2.17. The second-order valence-electron chi connectivity index (χ2n) is 5.41. The Morgan fingerprint density at radius 2 is 2.10 bits per heavy atom. The van der Waals surface area contributed by atoms with Gasteiger partial charge in [0.2, 0.25) is 11.8 Å². The van der Waals surface area contributed by atoms with Gasteiger partial charge >= 0.3 is 0 Å². The summed E-state index contributed by atoms with van der Waals surface area (Å²) in [6, 6.07) is 5.71. The molecule has 0 bridgehead atoms. The standard InChI is InChI=1S/C16H22N2O3/c1-11-5-3-7-14(12(11)2)18-16(20)9-15(19)17-10-13-6-4-8-21-13/h3,5,7,13H,4,6,8-10H2,1-2H3,(H,17,19)(H,18,20)/t13-/m0/s1. The van der Waals surface area contributed by atoms with E-state index in [2.05, 4.69) is 10.6 Å². The first-order valence-electron chi connectivity index (χ1n) is 7.30. The average Bonchev–Trinajstić information content (AvgIpc) is 2.95. The zero-order chi connectivity index (χ0) is 15.2. The van der Waals surface area contributed by atoms with Gasteiger partial charge in [-0.25, -0.2) is 0 Å². The molecule has 1 aromatic rings. The molecule has 21 heavy (non-hydrogen) atoms. The summed E-state index contributed by atoms with van der Waals surface area (Å²) >= 11 is 0. The topological polar surface area (TPSA) is 67.4 Å². The van der Waals surface area contributed by atoms with Gasteiger partial charge in [0, 0.05) is 18.8 Å². The molecule has 0 radical (unpaired) electrons. The van der Waals surface area contributed by atoms with Crippen molar-refractivity contribution in [3.8, 4) is 0 Å². The van der Waals surface area contributed by atoms with E-state index in [1.807, 2.05) is 32.0 Å². The van der Waals surface area contributed by atoms with E-state index in [-0.39, 0.29) is 24.3 Å². The van der Waals surface area contributed by atoms with Gasteiger partial charge in [-0.3, -0.25) is 9.59 Å². The molecule has 2 amide bonds. The second-order valence-corrected chi connectivity index (χ2v) is 5.41. The largest absolute Gasteiger partial charge is 0.376 e. The van der Waals surface area contributed by atoms with Crippen LogP contribution in [-0.2, 0) is 14.3 Å².